The number of nitriles is 1. The average Bonchev–Trinajstić information content (AvgIpc) is 2.71. The second kappa shape index (κ2) is 8.36. The summed E-state index contributed by atoms with van der Waals surface area (Å²) in [5.41, 5.74) is 4.96. The van der Waals surface area contributed by atoms with E-state index in [-0.39, 0.29) is 11.6 Å². The maximum absolute atomic E-state index is 12.7. The summed E-state index contributed by atoms with van der Waals surface area (Å²) in [4.78, 5) is 29.3. The van der Waals surface area contributed by atoms with Crippen LogP contribution in [0.1, 0.15) is 43.1 Å². The van der Waals surface area contributed by atoms with E-state index in [0.29, 0.717) is 16.8 Å². The fourth-order valence-electron chi connectivity index (χ4n) is 3.13. The van der Waals surface area contributed by atoms with Gasteiger partial charge < -0.3 is 10.6 Å². The Morgan fingerprint density at radius 3 is 2.31 bits per heavy atom. The topological polar surface area (TPSA) is 94.9 Å². The molecule has 0 radical (unpaired) electrons. The number of benzene rings is 2. The minimum atomic E-state index is -0.495. The van der Waals surface area contributed by atoms with E-state index in [1.165, 1.54) is 12.3 Å². The summed E-state index contributed by atoms with van der Waals surface area (Å²) in [6.07, 6.45) is 1.41. The van der Waals surface area contributed by atoms with Crippen molar-refractivity contribution in [2.75, 3.05) is 10.6 Å². The van der Waals surface area contributed by atoms with Gasteiger partial charge in [0.2, 0.25) is 0 Å². The number of hydrogen-bond donors (Lipinski definition) is 2. The molecule has 29 heavy (non-hydrogen) atoms. The molecule has 6 heteroatoms. The van der Waals surface area contributed by atoms with Crippen molar-refractivity contribution in [3.63, 3.8) is 0 Å². The molecule has 2 aromatic carbocycles. The molecular weight excluding hydrogens is 364 g/mol. The maximum atomic E-state index is 12.7. The second-order valence-corrected chi connectivity index (χ2v) is 6.77. The molecule has 0 saturated carbocycles. The lowest BCUT2D eigenvalue weighted by molar-refractivity contribution is 0.102. The normalized spacial score (nSPS) is 10.1. The SMILES string of the molecule is Cc1cc(C)c(NC(=O)c2ccnc(C(=O)Nc3ccccc3C#N)c2)c(C)c1. The Balaban J connectivity index is 1.81. The third kappa shape index (κ3) is 4.47. The lowest BCUT2D eigenvalue weighted by Crippen LogP contribution is -2.18. The highest BCUT2D eigenvalue weighted by molar-refractivity contribution is 6.08. The third-order valence-corrected chi connectivity index (χ3v) is 4.47. The first kappa shape index (κ1) is 19.8. The van der Waals surface area contributed by atoms with Crippen LogP contribution < -0.4 is 10.6 Å². The van der Waals surface area contributed by atoms with Crippen molar-refractivity contribution in [3.05, 3.63) is 88.2 Å². The molecule has 0 spiro atoms. The Labute approximate surface area is 169 Å². The molecule has 144 valence electrons. The van der Waals surface area contributed by atoms with Gasteiger partial charge in [0.1, 0.15) is 11.8 Å². The first-order chi connectivity index (χ1) is 13.9. The van der Waals surface area contributed by atoms with Crippen LogP contribution in [-0.2, 0) is 0 Å². The lowest BCUT2D eigenvalue weighted by Gasteiger charge is -2.13. The first-order valence-corrected chi connectivity index (χ1v) is 9.05. The molecule has 2 amide bonds. The maximum Gasteiger partial charge on any atom is 0.274 e. The van der Waals surface area contributed by atoms with Gasteiger partial charge in [0.25, 0.3) is 11.8 Å². The van der Waals surface area contributed by atoms with Gasteiger partial charge in [-0.3, -0.25) is 14.6 Å². The number of hydrogen-bond acceptors (Lipinski definition) is 4. The van der Waals surface area contributed by atoms with E-state index >= 15 is 0 Å². The molecule has 1 heterocycles. The molecular formula is C23H20N4O2. The van der Waals surface area contributed by atoms with Gasteiger partial charge >= 0.3 is 0 Å². The zero-order valence-corrected chi connectivity index (χ0v) is 16.4. The van der Waals surface area contributed by atoms with Gasteiger partial charge in [0.05, 0.1) is 11.3 Å². The number of anilines is 2. The average molecular weight is 384 g/mol. The Kier molecular flexibility index (Phi) is 5.70. The zero-order valence-electron chi connectivity index (χ0n) is 16.4. The van der Waals surface area contributed by atoms with Crippen molar-refractivity contribution in [2.24, 2.45) is 0 Å². The number of amides is 2. The molecule has 2 N–H and O–H groups in total. The fourth-order valence-corrected chi connectivity index (χ4v) is 3.13. The van der Waals surface area contributed by atoms with Crippen LogP contribution in [0.4, 0.5) is 11.4 Å². The van der Waals surface area contributed by atoms with Crippen LogP contribution in [0.2, 0.25) is 0 Å². The fraction of sp³-hybridized carbons (Fsp3) is 0.130. The summed E-state index contributed by atoms with van der Waals surface area (Å²) in [6, 6.07) is 15.7. The van der Waals surface area contributed by atoms with Gasteiger partial charge in [0.15, 0.2) is 0 Å². The summed E-state index contributed by atoms with van der Waals surface area (Å²) < 4.78 is 0. The van der Waals surface area contributed by atoms with Crippen molar-refractivity contribution in [2.45, 2.75) is 20.8 Å². The van der Waals surface area contributed by atoms with Gasteiger partial charge in [-0.1, -0.05) is 29.8 Å². The molecule has 0 fully saturated rings. The van der Waals surface area contributed by atoms with Crippen molar-refractivity contribution >= 4 is 23.2 Å². The summed E-state index contributed by atoms with van der Waals surface area (Å²) >= 11 is 0. The van der Waals surface area contributed by atoms with Crippen molar-refractivity contribution in [1.82, 2.24) is 4.98 Å². The molecule has 0 bridgehead atoms. The Morgan fingerprint density at radius 1 is 0.931 bits per heavy atom. The summed E-state index contributed by atoms with van der Waals surface area (Å²) in [7, 11) is 0. The minimum Gasteiger partial charge on any atom is -0.322 e. The smallest absolute Gasteiger partial charge is 0.274 e. The van der Waals surface area contributed by atoms with Gasteiger partial charge in [-0.2, -0.15) is 5.26 Å². The number of nitrogens with one attached hydrogen (secondary N) is 2. The predicted molar refractivity (Wildman–Crippen MR) is 112 cm³/mol. The summed E-state index contributed by atoms with van der Waals surface area (Å²) in [6.45, 7) is 5.88. The van der Waals surface area contributed by atoms with Crippen LogP contribution in [0, 0.1) is 32.1 Å². The van der Waals surface area contributed by atoms with Gasteiger partial charge in [-0.15, -0.1) is 0 Å². The summed E-state index contributed by atoms with van der Waals surface area (Å²) in [5, 5.41) is 14.7. The molecule has 0 unspecified atom stereocenters. The largest absolute Gasteiger partial charge is 0.322 e. The minimum absolute atomic E-state index is 0.0859. The van der Waals surface area contributed by atoms with Crippen LogP contribution in [0.3, 0.4) is 0 Å². The number of para-hydroxylation sites is 1. The first-order valence-electron chi connectivity index (χ1n) is 9.05. The number of aryl methyl sites for hydroxylation is 3. The predicted octanol–water partition coefficient (Wildman–Crippen LogP) is 4.38. The molecule has 0 saturated heterocycles. The molecule has 3 rings (SSSR count). The number of aromatic nitrogens is 1. The highest BCUT2D eigenvalue weighted by atomic mass is 16.2. The van der Waals surface area contributed by atoms with Crippen molar-refractivity contribution in [1.29, 1.82) is 5.26 Å². The highest BCUT2D eigenvalue weighted by Gasteiger charge is 2.15. The highest BCUT2D eigenvalue weighted by Crippen LogP contribution is 2.23. The van der Waals surface area contributed by atoms with Crippen LogP contribution >= 0.6 is 0 Å². The van der Waals surface area contributed by atoms with Crippen LogP contribution in [0.5, 0.6) is 0 Å². The van der Waals surface area contributed by atoms with Crippen molar-refractivity contribution < 1.29 is 9.59 Å². The standard InChI is InChI=1S/C23H20N4O2/c1-14-10-15(2)21(16(3)11-14)27-22(28)17-8-9-25-20(12-17)23(29)26-19-7-5-4-6-18(19)13-24/h4-12H,1-3H3,(H,26,29)(H,27,28). The van der Waals surface area contributed by atoms with Crippen LogP contribution in [0.15, 0.2) is 54.7 Å². The third-order valence-electron chi connectivity index (χ3n) is 4.47. The van der Waals surface area contributed by atoms with Gasteiger partial charge in [-0.25, -0.2) is 0 Å². The quantitative estimate of drug-likeness (QED) is 0.698. The monoisotopic (exact) mass is 384 g/mol. The van der Waals surface area contributed by atoms with Crippen LogP contribution in [0.25, 0.3) is 0 Å². The lowest BCUT2D eigenvalue weighted by atomic mass is 10.0. The summed E-state index contributed by atoms with van der Waals surface area (Å²) in [5.74, 6) is -0.820. The van der Waals surface area contributed by atoms with E-state index in [2.05, 4.69) is 15.6 Å². The number of carbonyl (C=O) groups is 2. The van der Waals surface area contributed by atoms with Crippen molar-refractivity contribution in [3.8, 4) is 6.07 Å². The number of carbonyl (C=O) groups excluding carboxylic acids is 2. The van der Waals surface area contributed by atoms with Gasteiger partial charge in [-0.05, 0) is 56.2 Å². The van der Waals surface area contributed by atoms with E-state index in [1.54, 1.807) is 30.3 Å². The number of nitrogens with zero attached hydrogens (tertiary/aromatic N) is 2. The molecule has 0 aliphatic heterocycles. The molecule has 0 aliphatic carbocycles. The molecule has 1 aromatic heterocycles. The van der Waals surface area contributed by atoms with E-state index in [4.69, 9.17) is 5.26 Å². The molecule has 0 atom stereocenters. The zero-order chi connectivity index (χ0) is 21.0. The molecule has 6 nitrogen and oxygen atoms in total. The Bertz CT molecular complexity index is 1120. The second-order valence-electron chi connectivity index (χ2n) is 6.77. The number of rotatable bonds is 4. The van der Waals surface area contributed by atoms with Gasteiger partial charge in [0, 0.05) is 17.4 Å². The van der Waals surface area contributed by atoms with E-state index < -0.39 is 5.91 Å². The Hall–Kier alpha value is -3.98. The molecule has 3 aromatic rings. The Morgan fingerprint density at radius 2 is 1.62 bits per heavy atom. The van der Waals surface area contributed by atoms with E-state index in [0.717, 1.165) is 22.4 Å². The number of pyridine rings is 1. The van der Waals surface area contributed by atoms with E-state index in [9.17, 15) is 9.59 Å². The van der Waals surface area contributed by atoms with E-state index in [1.807, 2.05) is 39.0 Å². The molecule has 0 aliphatic rings. The van der Waals surface area contributed by atoms with Crippen LogP contribution in [-0.4, -0.2) is 16.8 Å².